The molecular weight excluding hydrogens is 132 g/mol. The number of carbonyl (C=O) groups is 1. The van der Waals surface area contributed by atoms with Gasteiger partial charge in [-0.1, -0.05) is 6.92 Å². The smallest absolute Gasteiger partial charge is 0.404 e. The number of hydrogen-bond acceptors (Lipinski definition) is 2. The van der Waals surface area contributed by atoms with Gasteiger partial charge in [0.15, 0.2) is 0 Å². The Balaban J connectivity index is 2.33. The number of rotatable bonds is 1. The Kier molecular flexibility index (Phi) is 2.11. The number of carboxylic acid groups (broad SMARTS) is 1. The second-order valence-electron chi connectivity index (χ2n) is 2.69. The van der Waals surface area contributed by atoms with Gasteiger partial charge in [0, 0.05) is 12.6 Å². The first kappa shape index (κ1) is 7.34. The van der Waals surface area contributed by atoms with Crippen molar-refractivity contribution >= 4 is 6.09 Å². The third-order valence-electron chi connectivity index (χ3n) is 1.83. The van der Waals surface area contributed by atoms with Gasteiger partial charge in [-0.15, -0.1) is 0 Å². The van der Waals surface area contributed by atoms with Crippen molar-refractivity contribution < 1.29 is 9.90 Å². The van der Waals surface area contributed by atoms with Crippen molar-refractivity contribution in [3.05, 3.63) is 0 Å². The lowest BCUT2D eigenvalue weighted by Crippen LogP contribution is -2.38. The van der Waals surface area contributed by atoms with Crippen LogP contribution < -0.4 is 10.6 Å². The van der Waals surface area contributed by atoms with Gasteiger partial charge in [0.1, 0.15) is 0 Å². The van der Waals surface area contributed by atoms with Crippen molar-refractivity contribution in [1.29, 1.82) is 0 Å². The first-order valence-electron chi connectivity index (χ1n) is 3.40. The van der Waals surface area contributed by atoms with E-state index < -0.39 is 6.09 Å². The molecular formula is C6H12N2O2. The molecule has 0 unspecified atom stereocenters. The fraction of sp³-hybridized carbons (Fsp3) is 0.833. The van der Waals surface area contributed by atoms with Crippen LogP contribution in [0.25, 0.3) is 0 Å². The fourth-order valence-corrected chi connectivity index (χ4v) is 1.16. The van der Waals surface area contributed by atoms with Crippen LogP contribution in [0.3, 0.4) is 0 Å². The van der Waals surface area contributed by atoms with E-state index in [1.807, 2.05) is 6.92 Å². The number of hydrogen-bond donors (Lipinski definition) is 3. The Morgan fingerprint density at radius 3 is 2.80 bits per heavy atom. The van der Waals surface area contributed by atoms with E-state index in [1.165, 1.54) is 0 Å². The maximum Gasteiger partial charge on any atom is 0.404 e. The van der Waals surface area contributed by atoms with Crippen molar-refractivity contribution in [1.82, 2.24) is 10.6 Å². The van der Waals surface area contributed by atoms with Crippen molar-refractivity contribution in [2.75, 3.05) is 13.1 Å². The summed E-state index contributed by atoms with van der Waals surface area (Å²) in [5, 5.41) is 13.9. The quantitative estimate of drug-likeness (QED) is 0.480. The topological polar surface area (TPSA) is 61.4 Å². The molecule has 2 atom stereocenters. The lowest BCUT2D eigenvalue weighted by molar-refractivity contribution is 0.188. The van der Waals surface area contributed by atoms with Crippen molar-refractivity contribution in [3.63, 3.8) is 0 Å². The summed E-state index contributed by atoms with van der Waals surface area (Å²) >= 11 is 0. The van der Waals surface area contributed by atoms with Gasteiger partial charge in [-0.05, 0) is 12.5 Å². The molecule has 1 fully saturated rings. The van der Waals surface area contributed by atoms with Gasteiger partial charge in [-0.25, -0.2) is 4.79 Å². The van der Waals surface area contributed by atoms with Crippen molar-refractivity contribution in [2.24, 2.45) is 5.92 Å². The molecule has 0 saturated carbocycles. The van der Waals surface area contributed by atoms with Crippen LogP contribution in [-0.2, 0) is 0 Å². The van der Waals surface area contributed by atoms with Crippen molar-refractivity contribution in [2.45, 2.75) is 13.0 Å². The van der Waals surface area contributed by atoms with Crippen LogP contribution in [0.15, 0.2) is 0 Å². The molecule has 1 aliphatic rings. The average molecular weight is 144 g/mol. The molecule has 0 aromatic heterocycles. The molecule has 1 heterocycles. The Hall–Kier alpha value is -0.770. The molecule has 10 heavy (non-hydrogen) atoms. The Labute approximate surface area is 59.6 Å². The molecule has 1 saturated heterocycles. The standard InChI is InChI=1S/C6H12N2O2/c1-4-2-7-3-5(4)8-6(9)10/h4-5,7-8H,2-3H2,1H3,(H,9,10)/t4-,5+/m1/s1. The summed E-state index contributed by atoms with van der Waals surface area (Å²) in [6.07, 6.45) is -0.930. The van der Waals surface area contributed by atoms with Crippen LogP contribution in [0.2, 0.25) is 0 Å². The predicted molar refractivity (Wildman–Crippen MR) is 37.0 cm³/mol. The van der Waals surface area contributed by atoms with E-state index in [0.29, 0.717) is 5.92 Å². The molecule has 4 heteroatoms. The normalized spacial score (nSPS) is 32.1. The van der Waals surface area contributed by atoms with E-state index in [9.17, 15) is 4.79 Å². The monoisotopic (exact) mass is 144 g/mol. The highest BCUT2D eigenvalue weighted by atomic mass is 16.4. The fourth-order valence-electron chi connectivity index (χ4n) is 1.16. The van der Waals surface area contributed by atoms with Gasteiger partial charge in [0.25, 0.3) is 0 Å². The van der Waals surface area contributed by atoms with Crippen LogP contribution in [0.4, 0.5) is 4.79 Å². The molecule has 3 N–H and O–H groups in total. The van der Waals surface area contributed by atoms with Gasteiger partial charge in [0.2, 0.25) is 0 Å². The first-order valence-corrected chi connectivity index (χ1v) is 3.40. The minimum Gasteiger partial charge on any atom is -0.465 e. The van der Waals surface area contributed by atoms with Crippen LogP contribution in [0, 0.1) is 5.92 Å². The summed E-state index contributed by atoms with van der Waals surface area (Å²) in [5.41, 5.74) is 0. The molecule has 0 aromatic rings. The van der Waals surface area contributed by atoms with Crippen LogP contribution in [-0.4, -0.2) is 30.3 Å². The van der Waals surface area contributed by atoms with E-state index in [0.717, 1.165) is 13.1 Å². The summed E-state index contributed by atoms with van der Waals surface area (Å²) in [6, 6.07) is 0.0949. The zero-order valence-corrected chi connectivity index (χ0v) is 5.92. The Morgan fingerprint density at radius 1 is 1.70 bits per heavy atom. The first-order chi connectivity index (χ1) is 4.70. The molecule has 4 nitrogen and oxygen atoms in total. The molecule has 1 aliphatic heterocycles. The molecule has 1 rings (SSSR count). The summed E-state index contributed by atoms with van der Waals surface area (Å²) in [5.74, 6) is 0.413. The second-order valence-corrected chi connectivity index (χ2v) is 2.69. The maximum atomic E-state index is 10.2. The highest BCUT2D eigenvalue weighted by Crippen LogP contribution is 2.06. The Morgan fingerprint density at radius 2 is 2.40 bits per heavy atom. The number of nitrogens with one attached hydrogen (secondary N) is 2. The van der Waals surface area contributed by atoms with Gasteiger partial charge < -0.3 is 15.7 Å². The third kappa shape index (κ3) is 1.60. The van der Waals surface area contributed by atoms with Gasteiger partial charge in [-0.2, -0.15) is 0 Å². The predicted octanol–water partition coefficient (Wildman–Crippen LogP) is -0.138. The summed E-state index contributed by atoms with van der Waals surface area (Å²) in [7, 11) is 0. The summed E-state index contributed by atoms with van der Waals surface area (Å²) < 4.78 is 0. The highest BCUT2D eigenvalue weighted by molar-refractivity contribution is 5.65. The summed E-state index contributed by atoms with van der Waals surface area (Å²) in [6.45, 7) is 3.69. The summed E-state index contributed by atoms with van der Waals surface area (Å²) in [4.78, 5) is 10.2. The van der Waals surface area contributed by atoms with E-state index in [2.05, 4.69) is 10.6 Å². The second kappa shape index (κ2) is 2.88. The largest absolute Gasteiger partial charge is 0.465 e. The highest BCUT2D eigenvalue weighted by Gasteiger charge is 2.23. The lowest BCUT2D eigenvalue weighted by Gasteiger charge is -2.12. The van der Waals surface area contributed by atoms with Crippen LogP contribution in [0.5, 0.6) is 0 Å². The zero-order valence-electron chi connectivity index (χ0n) is 5.92. The SMILES string of the molecule is C[C@@H]1CNC[C@@H]1NC(=O)O. The zero-order chi connectivity index (χ0) is 7.56. The minimum absolute atomic E-state index is 0.0949. The molecule has 0 spiro atoms. The van der Waals surface area contributed by atoms with E-state index in [1.54, 1.807) is 0 Å². The molecule has 0 radical (unpaired) electrons. The third-order valence-corrected chi connectivity index (χ3v) is 1.83. The van der Waals surface area contributed by atoms with Gasteiger partial charge in [0.05, 0.1) is 0 Å². The Bertz CT molecular complexity index is 138. The van der Waals surface area contributed by atoms with Gasteiger partial charge in [-0.3, -0.25) is 0 Å². The minimum atomic E-state index is -0.930. The van der Waals surface area contributed by atoms with Crippen molar-refractivity contribution in [3.8, 4) is 0 Å². The maximum absolute atomic E-state index is 10.2. The van der Waals surface area contributed by atoms with Crippen LogP contribution >= 0.6 is 0 Å². The molecule has 0 bridgehead atoms. The van der Waals surface area contributed by atoms with Crippen LogP contribution in [0.1, 0.15) is 6.92 Å². The molecule has 58 valence electrons. The van der Waals surface area contributed by atoms with E-state index >= 15 is 0 Å². The molecule has 1 amide bonds. The van der Waals surface area contributed by atoms with E-state index in [4.69, 9.17) is 5.11 Å². The van der Waals surface area contributed by atoms with Gasteiger partial charge >= 0.3 is 6.09 Å². The van der Waals surface area contributed by atoms with E-state index in [-0.39, 0.29) is 6.04 Å². The average Bonchev–Trinajstić information content (AvgIpc) is 2.15. The number of amides is 1. The molecule has 0 aromatic carbocycles. The lowest BCUT2D eigenvalue weighted by atomic mass is 10.1. The molecule has 0 aliphatic carbocycles.